The summed E-state index contributed by atoms with van der Waals surface area (Å²) in [5.74, 6) is -0.629. The average molecular weight is 429 g/mol. The molecular formula is C21H23N3O7. The van der Waals surface area contributed by atoms with Crippen molar-refractivity contribution in [3.8, 4) is 5.75 Å². The zero-order chi connectivity index (χ0) is 22.2. The van der Waals surface area contributed by atoms with E-state index in [1.54, 1.807) is 25.3 Å². The molecule has 0 radical (unpaired) electrons. The Kier molecular flexibility index (Phi) is 7.39. The third-order valence-electron chi connectivity index (χ3n) is 4.72. The summed E-state index contributed by atoms with van der Waals surface area (Å²) in [6.45, 7) is 1.78. The first-order chi connectivity index (χ1) is 15.0. The van der Waals surface area contributed by atoms with E-state index in [-0.39, 0.29) is 17.8 Å². The maximum Gasteiger partial charge on any atom is 0.341 e. The minimum Gasteiger partial charge on any atom is -0.497 e. The highest BCUT2D eigenvalue weighted by molar-refractivity contribution is 5.97. The third kappa shape index (κ3) is 5.92. The predicted octanol–water partition coefficient (Wildman–Crippen LogP) is 1.91. The fourth-order valence-electron chi connectivity index (χ4n) is 3.12. The molecule has 1 fully saturated rings. The second-order valence-electron chi connectivity index (χ2n) is 6.76. The molecule has 0 spiro atoms. The first-order valence-electron chi connectivity index (χ1n) is 9.66. The number of rotatable bonds is 8. The number of methoxy groups -OCH3 is 1. The Morgan fingerprint density at radius 2 is 1.97 bits per heavy atom. The topological polar surface area (TPSA) is 120 Å². The quantitative estimate of drug-likeness (QED) is 0.384. The van der Waals surface area contributed by atoms with Crippen LogP contribution in [0.3, 0.4) is 0 Å². The largest absolute Gasteiger partial charge is 0.497 e. The van der Waals surface area contributed by atoms with Crippen molar-refractivity contribution in [1.29, 1.82) is 0 Å². The number of morpholine rings is 1. The summed E-state index contributed by atoms with van der Waals surface area (Å²) in [6.07, 6.45) is 0. The van der Waals surface area contributed by atoms with Crippen LogP contribution < -0.4 is 15.0 Å². The molecule has 1 heterocycles. The number of carbonyl (C=O) groups is 2. The summed E-state index contributed by atoms with van der Waals surface area (Å²) >= 11 is 0. The van der Waals surface area contributed by atoms with Gasteiger partial charge in [-0.1, -0.05) is 12.1 Å². The van der Waals surface area contributed by atoms with E-state index in [1.807, 2.05) is 11.0 Å². The van der Waals surface area contributed by atoms with Crippen LogP contribution in [0.5, 0.6) is 5.75 Å². The van der Waals surface area contributed by atoms with E-state index in [0.717, 1.165) is 5.56 Å². The van der Waals surface area contributed by atoms with Crippen LogP contribution in [-0.4, -0.2) is 56.8 Å². The lowest BCUT2D eigenvalue weighted by molar-refractivity contribution is -0.384. The number of anilines is 1. The number of nitrogens with one attached hydrogen (secondary N) is 1. The molecule has 1 N–H and O–H groups in total. The van der Waals surface area contributed by atoms with E-state index in [0.29, 0.717) is 37.7 Å². The Morgan fingerprint density at radius 3 is 2.68 bits per heavy atom. The number of amides is 1. The molecule has 31 heavy (non-hydrogen) atoms. The molecule has 2 aromatic carbocycles. The van der Waals surface area contributed by atoms with Crippen LogP contribution in [0.25, 0.3) is 0 Å². The van der Waals surface area contributed by atoms with Crippen LogP contribution in [-0.2, 0) is 20.8 Å². The Hall–Kier alpha value is -3.66. The molecular weight excluding hydrogens is 406 g/mol. The number of esters is 1. The molecule has 1 amide bonds. The van der Waals surface area contributed by atoms with Crippen molar-refractivity contribution in [3.05, 3.63) is 63.7 Å². The van der Waals surface area contributed by atoms with Crippen LogP contribution >= 0.6 is 0 Å². The molecule has 0 bridgehead atoms. The van der Waals surface area contributed by atoms with Crippen molar-refractivity contribution in [3.63, 3.8) is 0 Å². The van der Waals surface area contributed by atoms with Crippen molar-refractivity contribution in [2.24, 2.45) is 0 Å². The van der Waals surface area contributed by atoms with Gasteiger partial charge in [0.2, 0.25) is 0 Å². The molecule has 0 unspecified atom stereocenters. The summed E-state index contributed by atoms with van der Waals surface area (Å²) in [4.78, 5) is 37.2. The Morgan fingerprint density at radius 1 is 1.19 bits per heavy atom. The number of benzene rings is 2. The van der Waals surface area contributed by atoms with E-state index < -0.39 is 23.4 Å². The van der Waals surface area contributed by atoms with Crippen molar-refractivity contribution in [1.82, 2.24) is 5.32 Å². The molecule has 10 heteroatoms. The van der Waals surface area contributed by atoms with Crippen molar-refractivity contribution < 1.29 is 28.7 Å². The number of nitro benzene ring substituents is 1. The van der Waals surface area contributed by atoms with E-state index in [9.17, 15) is 19.7 Å². The molecule has 1 aliphatic heterocycles. The molecule has 3 rings (SSSR count). The van der Waals surface area contributed by atoms with Gasteiger partial charge in [-0.2, -0.15) is 0 Å². The number of non-ortho nitro benzene ring substituents is 1. The van der Waals surface area contributed by atoms with Gasteiger partial charge in [0, 0.05) is 31.8 Å². The van der Waals surface area contributed by atoms with E-state index in [1.165, 1.54) is 18.2 Å². The molecule has 0 aliphatic carbocycles. The Labute approximate surface area is 178 Å². The second-order valence-corrected chi connectivity index (χ2v) is 6.76. The fraction of sp³-hybridized carbons (Fsp3) is 0.333. The zero-order valence-corrected chi connectivity index (χ0v) is 17.0. The van der Waals surface area contributed by atoms with Crippen LogP contribution in [0, 0.1) is 10.1 Å². The van der Waals surface area contributed by atoms with Crippen molar-refractivity contribution in [2.75, 3.05) is 44.9 Å². The van der Waals surface area contributed by atoms with Crippen LogP contribution in [0.2, 0.25) is 0 Å². The lowest BCUT2D eigenvalue weighted by Gasteiger charge is -2.30. The molecule has 0 atom stereocenters. The van der Waals surface area contributed by atoms with Crippen LogP contribution in [0.1, 0.15) is 15.9 Å². The Balaban J connectivity index is 1.63. The fourth-order valence-corrected chi connectivity index (χ4v) is 3.12. The van der Waals surface area contributed by atoms with Gasteiger partial charge in [0.25, 0.3) is 11.6 Å². The van der Waals surface area contributed by atoms with E-state index in [4.69, 9.17) is 14.2 Å². The number of nitrogens with zero attached hydrogens (tertiary/aromatic N) is 2. The summed E-state index contributed by atoms with van der Waals surface area (Å²) in [5, 5.41) is 13.8. The predicted molar refractivity (Wildman–Crippen MR) is 111 cm³/mol. The van der Waals surface area contributed by atoms with Gasteiger partial charge in [0.1, 0.15) is 5.75 Å². The van der Waals surface area contributed by atoms with E-state index >= 15 is 0 Å². The summed E-state index contributed by atoms with van der Waals surface area (Å²) in [7, 11) is 1.55. The smallest absolute Gasteiger partial charge is 0.341 e. The van der Waals surface area contributed by atoms with Crippen molar-refractivity contribution in [2.45, 2.75) is 6.54 Å². The summed E-state index contributed by atoms with van der Waals surface area (Å²) < 4.78 is 15.6. The van der Waals surface area contributed by atoms with Gasteiger partial charge in [-0.15, -0.1) is 0 Å². The molecule has 1 aliphatic rings. The standard InChI is InChI=1S/C21H23N3O7/c1-29-17-4-2-3-15(11-17)13-22-20(25)14-31-21(26)18-12-16(24(27)28)5-6-19(18)23-7-9-30-10-8-23/h2-6,11-12H,7-10,13-14H2,1H3,(H,22,25). The third-order valence-corrected chi connectivity index (χ3v) is 4.72. The molecule has 10 nitrogen and oxygen atoms in total. The monoisotopic (exact) mass is 429 g/mol. The molecule has 164 valence electrons. The van der Waals surface area contributed by atoms with Gasteiger partial charge < -0.3 is 24.4 Å². The molecule has 0 saturated carbocycles. The summed E-state index contributed by atoms with van der Waals surface area (Å²) in [5.41, 5.74) is 1.14. The number of ether oxygens (including phenoxy) is 3. The number of nitro groups is 1. The van der Waals surface area contributed by atoms with E-state index in [2.05, 4.69) is 5.32 Å². The first-order valence-corrected chi connectivity index (χ1v) is 9.66. The van der Waals surface area contributed by atoms with Gasteiger partial charge in [-0.3, -0.25) is 14.9 Å². The Bertz CT molecular complexity index is 958. The maximum atomic E-state index is 12.6. The lowest BCUT2D eigenvalue weighted by atomic mass is 10.1. The van der Waals surface area contributed by atoms with Gasteiger partial charge in [0.05, 0.1) is 36.5 Å². The molecule has 1 saturated heterocycles. The SMILES string of the molecule is COc1cccc(CNC(=O)COC(=O)c2cc([N+](=O)[O-])ccc2N2CCOCC2)c1. The first kappa shape index (κ1) is 22.0. The van der Waals surface area contributed by atoms with Crippen molar-refractivity contribution >= 4 is 23.3 Å². The highest BCUT2D eigenvalue weighted by atomic mass is 16.6. The number of carbonyl (C=O) groups excluding carboxylic acids is 2. The van der Waals surface area contributed by atoms with Gasteiger partial charge >= 0.3 is 5.97 Å². The van der Waals surface area contributed by atoms with Crippen LogP contribution in [0.4, 0.5) is 11.4 Å². The highest BCUT2D eigenvalue weighted by Gasteiger charge is 2.23. The minimum atomic E-state index is -0.804. The lowest BCUT2D eigenvalue weighted by Crippen LogP contribution is -2.37. The minimum absolute atomic E-state index is 0.0386. The second kappa shape index (κ2) is 10.4. The summed E-state index contributed by atoms with van der Waals surface area (Å²) in [6, 6.07) is 11.2. The number of hydrogen-bond donors (Lipinski definition) is 1. The van der Waals surface area contributed by atoms with Crippen LogP contribution in [0.15, 0.2) is 42.5 Å². The maximum absolute atomic E-state index is 12.6. The molecule has 2 aromatic rings. The number of hydrogen-bond acceptors (Lipinski definition) is 8. The molecule has 0 aromatic heterocycles. The zero-order valence-electron chi connectivity index (χ0n) is 17.0. The van der Waals surface area contributed by atoms with Gasteiger partial charge in [0.15, 0.2) is 6.61 Å². The van der Waals surface area contributed by atoms with Gasteiger partial charge in [-0.05, 0) is 23.8 Å². The average Bonchev–Trinajstić information content (AvgIpc) is 2.81. The van der Waals surface area contributed by atoms with Gasteiger partial charge in [-0.25, -0.2) is 4.79 Å². The normalized spacial score (nSPS) is 13.4. The highest BCUT2D eigenvalue weighted by Crippen LogP contribution is 2.27.